The van der Waals surface area contributed by atoms with Gasteiger partial charge < -0.3 is 5.11 Å². The summed E-state index contributed by atoms with van der Waals surface area (Å²) in [6, 6.07) is 10.3. The molecule has 1 N–H and O–H groups in total. The highest BCUT2D eigenvalue weighted by molar-refractivity contribution is 6.31. The smallest absolute Gasteiger partial charge is 0.128 e. The first-order valence-electron chi connectivity index (χ1n) is 6.54. The molecule has 0 fully saturated rings. The molecule has 106 valence electrons. The van der Waals surface area contributed by atoms with Gasteiger partial charge in [-0.15, -0.1) is 0 Å². The lowest BCUT2D eigenvalue weighted by Gasteiger charge is -2.25. The third kappa shape index (κ3) is 3.02. The third-order valence-electron chi connectivity index (χ3n) is 3.71. The molecule has 1 atom stereocenters. The van der Waals surface area contributed by atoms with Gasteiger partial charge in [-0.05, 0) is 49.6 Å². The molecule has 0 radical (unpaired) electrons. The van der Waals surface area contributed by atoms with Gasteiger partial charge in [0.05, 0.1) is 5.60 Å². The van der Waals surface area contributed by atoms with Crippen LogP contribution in [0, 0.1) is 19.7 Å². The Hall–Kier alpha value is -1.38. The predicted octanol–water partition coefficient (Wildman–Crippen LogP) is 4.55. The average molecular weight is 293 g/mol. The standard InChI is InChI=1S/C17H18ClFO/c1-11-7-8-13(9-12(11)2)17(3,20)10-14-15(18)5-4-6-16(14)19/h4-9,20H,10H2,1-3H3. The van der Waals surface area contributed by atoms with E-state index in [9.17, 15) is 9.50 Å². The minimum atomic E-state index is -1.16. The molecule has 1 unspecified atom stereocenters. The van der Waals surface area contributed by atoms with E-state index in [4.69, 9.17) is 11.6 Å². The SMILES string of the molecule is Cc1ccc(C(C)(O)Cc2c(F)cccc2Cl)cc1C. The first-order valence-corrected chi connectivity index (χ1v) is 6.92. The molecular formula is C17H18ClFO. The Kier molecular flexibility index (Phi) is 4.17. The van der Waals surface area contributed by atoms with E-state index in [-0.39, 0.29) is 12.2 Å². The van der Waals surface area contributed by atoms with Gasteiger partial charge in [0.25, 0.3) is 0 Å². The molecule has 0 aromatic heterocycles. The Labute approximate surface area is 124 Å². The molecule has 2 rings (SSSR count). The average Bonchev–Trinajstić information content (AvgIpc) is 2.37. The second-order valence-corrected chi connectivity index (χ2v) is 5.86. The lowest BCUT2D eigenvalue weighted by Crippen LogP contribution is -2.25. The summed E-state index contributed by atoms with van der Waals surface area (Å²) in [7, 11) is 0. The van der Waals surface area contributed by atoms with Crippen molar-refractivity contribution in [2.24, 2.45) is 0 Å². The summed E-state index contributed by atoms with van der Waals surface area (Å²) < 4.78 is 13.8. The zero-order valence-electron chi connectivity index (χ0n) is 11.9. The number of rotatable bonds is 3. The molecule has 0 spiro atoms. The molecule has 20 heavy (non-hydrogen) atoms. The Morgan fingerprint density at radius 1 is 1.15 bits per heavy atom. The summed E-state index contributed by atoms with van der Waals surface area (Å²) in [6.45, 7) is 5.69. The predicted molar refractivity (Wildman–Crippen MR) is 80.6 cm³/mol. The van der Waals surface area contributed by atoms with Crippen molar-refractivity contribution in [2.45, 2.75) is 32.8 Å². The maximum absolute atomic E-state index is 13.8. The maximum Gasteiger partial charge on any atom is 0.128 e. The molecule has 2 aromatic rings. The lowest BCUT2D eigenvalue weighted by atomic mass is 9.87. The quantitative estimate of drug-likeness (QED) is 0.880. The van der Waals surface area contributed by atoms with E-state index in [2.05, 4.69) is 0 Å². The highest BCUT2D eigenvalue weighted by Crippen LogP contribution is 2.30. The van der Waals surface area contributed by atoms with Crippen LogP contribution in [0.4, 0.5) is 4.39 Å². The number of halogens is 2. The van der Waals surface area contributed by atoms with Crippen molar-refractivity contribution < 1.29 is 9.50 Å². The molecule has 0 aliphatic carbocycles. The van der Waals surface area contributed by atoms with Crippen LogP contribution in [0.3, 0.4) is 0 Å². The fourth-order valence-corrected chi connectivity index (χ4v) is 2.45. The monoisotopic (exact) mass is 292 g/mol. The van der Waals surface area contributed by atoms with E-state index in [0.29, 0.717) is 10.6 Å². The van der Waals surface area contributed by atoms with Crippen molar-refractivity contribution in [3.05, 3.63) is 69.5 Å². The highest BCUT2D eigenvalue weighted by atomic mass is 35.5. The van der Waals surface area contributed by atoms with E-state index < -0.39 is 5.60 Å². The van der Waals surface area contributed by atoms with Gasteiger partial charge >= 0.3 is 0 Å². The topological polar surface area (TPSA) is 20.2 Å². The van der Waals surface area contributed by atoms with E-state index in [1.807, 2.05) is 32.0 Å². The van der Waals surface area contributed by atoms with E-state index in [0.717, 1.165) is 16.7 Å². The molecule has 0 heterocycles. The molecule has 3 heteroatoms. The summed E-state index contributed by atoms with van der Waals surface area (Å²) in [4.78, 5) is 0. The van der Waals surface area contributed by atoms with Crippen molar-refractivity contribution >= 4 is 11.6 Å². The van der Waals surface area contributed by atoms with Gasteiger partial charge in [-0.3, -0.25) is 0 Å². The van der Waals surface area contributed by atoms with Crippen molar-refractivity contribution in [3.8, 4) is 0 Å². The van der Waals surface area contributed by atoms with Gasteiger partial charge in [0.2, 0.25) is 0 Å². The highest BCUT2D eigenvalue weighted by Gasteiger charge is 2.26. The summed E-state index contributed by atoms with van der Waals surface area (Å²) >= 11 is 6.03. The number of hydrogen-bond acceptors (Lipinski definition) is 1. The van der Waals surface area contributed by atoms with Gasteiger partial charge in [0.15, 0.2) is 0 Å². The summed E-state index contributed by atoms with van der Waals surface area (Å²) in [6.07, 6.45) is 0.140. The van der Waals surface area contributed by atoms with E-state index in [1.165, 1.54) is 6.07 Å². The number of hydrogen-bond donors (Lipinski definition) is 1. The van der Waals surface area contributed by atoms with Crippen LogP contribution in [0.5, 0.6) is 0 Å². The Bertz CT molecular complexity index is 615. The van der Waals surface area contributed by atoms with Crippen molar-refractivity contribution in [1.29, 1.82) is 0 Å². The third-order valence-corrected chi connectivity index (χ3v) is 4.07. The number of aryl methyl sites for hydroxylation is 2. The fourth-order valence-electron chi connectivity index (χ4n) is 2.22. The number of benzene rings is 2. The van der Waals surface area contributed by atoms with Crippen LogP contribution in [-0.2, 0) is 12.0 Å². The van der Waals surface area contributed by atoms with Crippen molar-refractivity contribution in [1.82, 2.24) is 0 Å². The first-order chi connectivity index (χ1) is 9.31. The van der Waals surface area contributed by atoms with E-state index >= 15 is 0 Å². The second-order valence-electron chi connectivity index (χ2n) is 5.45. The van der Waals surface area contributed by atoms with Crippen LogP contribution >= 0.6 is 11.6 Å². The minimum absolute atomic E-state index is 0.140. The van der Waals surface area contributed by atoms with Gasteiger partial charge in [-0.25, -0.2) is 4.39 Å². The maximum atomic E-state index is 13.8. The van der Waals surface area contributed by atoms with Crippen molar-refractivity contribution in [3.63, 3.8) is 0 Å². The normalized spacial score (nSPS) is 14.1. The lowest BCUT2D eigenvalue weighted by molar-refractivity contribution is 0.0566. The van der Waals surface area contributed by atoms with Crippen molar-refractivity contribution in [2.75, 3.05) is 0 Å². The number of aliphatic hydroxyl groups is 1. The van der Waals surface area contributed by atoms with Crippen LogP contribution in [0.25, 0.3) is 0 Å². The molecular weight excluding hydrogens is 275 g/mol. The molecule has 0 bridgehead atoms. The fraction of sp³-hybridized carbons (Fsp3) is 0.294. The minimum Gasteiger partial charge on any atom is -0.385 e. The molecule has 0 saturated carbocycles. The molecule has 0 aliphatic heterocycles. The van der Waals surface area contributed by atoms with Crippen LogP contribution in [0.2, 0.25) is 5.02 Å². The molecule has 1 nitrogen and oxygen atoms in total. The summed E-state index contributed by atoms with van der Waals surface area (Å²) in [5, 5.41) is 11.0. The zero-order chi connectivity index (χ0) is 14.9. The largest absolute Gasteiger partial charge is 0.385 e. The zero-order valence-corrected chi connectivity index (χ0v) is 12.6. The van der Waals surface area contributed by atoms with Gasteiger partial charge in [-0.2, -0.15) is 0 Å². The molecule has 0 aliphatic rings. The Morgan fingerprint density at radius 3 is 2.45 bits per heavy atom. The van der Waals surface area contributed by atoms with Crippen LogP contribution in [0.1, 0.15) is 29.2 Å². The summed E-state index contributed by atoms with van der Waals surface area (Å²) in [5.74, 6) is -0.387. The van der Waals surface area contributed by atoms with Gasteiger partial charge in [0, 0.05) is 17.0 Å². The van der Waals surface area contributed by atoms with Gasteiger partial charge in [-0.1, -0.05) is 35.9 Å². The second kappa shape index (κ2) is 5.55. The van der Waals surface area contributed by atoms with Crippen LogP contribution < -0.4 is 0 Å². The van der Waals surface area contributed by atoms with E-state index in [1.54, 1.807) is 19.1 Å². The molecule has 2 aromatic carbocycles. The Balaban J connectivity index is 2.37. The molecule has 0 saturated heterocycles. The van der Waals surface area contributed by atoms with Crippen LogP contribution in [0.15, 0.2) is 36.4 Å². The first kappa shape index (κ1) is 15.0. The summed E-state index contributed by atoms with van der Waals surface area (Å²) in [5.41, 5.74) is 2.21. The van der Waals surface area contributed by atoms with Crippen LogP contribution in [-0.4, -0.2) is 5.11 Å². The van der Waals surface area contributed by atoms with Gasteiger partial charge in [0.1, 0.15) is 5.82 Å². The Morgan fingerprint density at radius 2 is 1.85 bits per heavy atom. The molecule has 0 amide bonds.